The number of para-hydroxylation sites is 2. The molecule has 0 saturated heterocycles. The van der Waals surface area contributed by atoms with E-state index in [0.29, 0.717) is 24.7 Å². The fourth-order valence-corrected chi connectivity index (χ4v) is 3.68. The van der Waals surface area contributed by atoms with Gasteiger partial charge in [0.05, 0.1) is 22.1 Å². The lowest BCUT2D eigenvalue weighted by Crippen LogP contribution is -2.02. The highest BCUT2D eigenvalue weighted by atomic mass is 79.9. The molecule has 0 amide bonds. The van der Waals surface area contributed by atoms with E-state index < -0.39 is 0 Å². The fraction of sp³-hybridized carbons (Fsp3) is 0.174. The van der Waals surface area contributed by atoms with E-state index in [0.717, 1.165) is 32.5 Å². The summed E-state index contributed by atoms with van der Waals surface area (Å²) < 4.78 is 12.8. The Labute approximate surface area is 172 Å². The number of nitrogens with one attached hydrogen (secondary N) is 1. The Hall–Kier alpha value is -2.79. The number of ether oxygens (including phenoxy) is 2. The summed E-state index contributed by atoms with van der Waals surface area (Å²) in [6.45, 7) is 5.08. The molecular weight excluding hydrogens is 416 g/mol. The van der Waals surface area contributed by atoms with Crippen LogP contribution in [0.2, 0.25) is 0 Å². The van der Waals surface area contributed by atoms with E-state index in [4.69, 9.17) is 9.47 Å². The Morgan fingerprint density at radius 2 is 1.79 bits per heavy atom. The van der Waals surface area contributed by atoms with Crippen LogP contribution >= 0.6 is 15.9 Å². The Balaban J connectivity index is 1.68. The van der Waals surface area contributed by atoms with Gasteiger partial charge in [0.15, 0.2) is 11.5 Å². The van der Waals surface area contributed by atoms with Gasteiger partial charge in [-0.15, -0.1) is 0 Å². The number of aromatic nitrogens is 2. The topological polar surface area (TPSA) is 47.1 Å². The van der Waals surface area contributed by atoms with Gasteiger partial charge in [0.25, 0.3) is 0 Å². The number of aromatic amines is 1. The molecule has 0 bridgehead atoms. The van der Waals surface area contributed by atoms with Gasteiger partial charge in [-0.3, -0.25) is 0 Å². The van der Waals surface area contributed by atoms with Crippen molar-refractivity contribution in [3.8, 4) is 22.9 Å². The van der Waals surface area contributed by atoms with Crippen LogP contribution in [0.5, 0.6) is 11.5 Å². The van der Waals surface area contributed by atoms with Crippen molar-refractivity contribution in [3.63, 3.8) is 0 Å². The average Bonchev–Trinajstić information content (AvgIpc) is 3.13. The van der Waals surface area contributed by atoms with Crippen molar-refractivity contribution >= 4 is 27.0 Å². The summed E-state index contributed by atoms with van der Waals surface area (Å²) in [6, 6.07) is 20.2. The Kier molecular flexibility index (Phi) is 5.35. The smallest absolute Gasteiger partial charge is 0.175 e. The van der Waals surface area contributed by atoms with Crippen molar-refractivity contribution in [1.29, 1.82) is 0 Å². The van der Waals surface area contributed by atoms with Gasteiger partial charge in [-0.1, -0.05) is 36.4 Å². The molecule has 0 spiro atoms. The number of hydrogen-bond acceptors (Lipinski definition) is 3. The van der Waals surface area contributed by atoms with Crippen LogP contribution in [0.15, 0.2) is 65.1 Å². The molecule has 1 heterocycles. The van der Waals surface area contributed by atoms with E-state index in [1.807, 2.05) is 55.5 Å². The van der Waals surface area contributed by atoms with Crippen LogP contribution in [-0.4, -0.2) is 16.6 Å². The molecule has 1 aromatic heterocycles. The lowest BCUT2D eigenvalue weighted by atomic mass is 10.1. The van der Waals surface area contributed by atoms with E-state index in [1.54, 1.807) is 0 Å². The van der Waals surface area contributed by atoms with Gasteiger partial charge in [0.1, 0.15) is 12.4 Å². The molecule has 28 heavy (non-hydrogen) atoms. The molecule has 3 aromatic carbocycles. The molecule has 4 aromatic rings. The Morgan fingerprint density at radius 1 is 1.00 bits per heavy atom. The highest BCUT2D eigenvalue weighted by Gasteiger charge is 2.16. The third-order valence-electron chi connectivity index (χ3n) is 4.61. The number of H-pyrrole nitrogens is 1. The van der Waals surface area contributed by atoms with Crippen LogP contribution in [0, 0.1) is 6.92 Å². The number of halogens is 1. The zero-order valence-electron chi connectivity index (χ0n) is 15.8. The van der Waals surface area contributed by atoms with Gasteiger partial charge >= 0.3 is 0 Å². The zero-order valence-corrected chi connectivity index (χ0v) is 17.4. The molecule has 0 aliphatic carbocycles. The summed E-state index contributed by atoms with van der Waals surface area (Å²) >= 11 is 3.65. The number of nitrogens with zero attached hydrogens (tertiary/aromatic N) is 1. The number of fused-ring (bicyclic) bond motifs is 1. The third-order valence-corrected chi connectivity index (χ3v) is 5.19. The minimum atomic E-state index is 0.481. The van der Waals surface area contributed by atoms with E-state index in [1.165, 1.54) is 5.56 Å². The highest BCUT2D eigenvalue weighted by molar-refractivity contribution is 9.10. The van der Waals surface area contributed by atoms with Crippen molar-refractivity contribution in [1.82, 2.24) is 9.97 Å². The number of imidazole rings is 1. The predicted molar refractivity (Wildman–Crippen MR) is 116 cm³/mol. The molecule has 0 aliphatic heterocycles. The van der Waals surface area contributed by atoms with Gasteiger partial charge < -0.3 is 14.5 Å². The second-order valence-corrected chi connectivity index (χ2v) is 7.39. The summed E-state index contributed by atoms with van der Waals surface area (Å²) in [6.07, 6.45) is 0. The third kappa shape index (κ3) is 3.76. The molecule has 0 atom stereocenters. The summed E-state index contributed by atoms with van der Waals surface area (Å²) in [5, 5.41) is 0. The molecule has 4 nitrogen and oxygen atoms in total. The molecule has 0 aliphatic rings. The van der Waals surface area contributed by atoms with E-state index in [9.17, 15) is 0 Å². The predicted octanol–water partition coefficient (Wildman–Crippen LogP) is 6.28. The summed E-state index contributed by atoms with van der Waals surface area (Å²) in [5.41, 5.74) is 5.24. The average molecular weight is 437 g/mol. The molecular formula is C23H21BrN2O2. The summed E-state index contributed by atoms with van der Waals surface area (Å²) in [5.74, 6) is 2.19. The first-order valence-corrected chi connectivity index (χ1v) is 10.0. The van der Waals surface area contributed by atoms with Gasteiger partial charge in [0, 0.05) is 5.56 Å². The van der Waals surface area contributed by atoms with Crippen molar-refractivity contribution in [2.24, 2.45) is 0 Å². The molecule has 0 radical (unpaired) electrons. The van der Waals surface area contributed by atoms with Gasteiger partial charge in [-0.25, -0.2) is 4.98 Å². The van der Waals surface area contributed by atoms with Crippen LogP contribution in [-0.2, 0) is 6.61 Å². The molecule has 142 valence electrons. The number of benzene rings is 3. The monoisotopic (exact) mass is 436 g/mol. The molecule has 0 fully saturated rings. The van der Waals surface area contributed by atoms with E-state index in [-0.39, 0.29) is 0 Å². The summed E-state index contributed by atoms with van der Waals surface area (Å²) in [7, 11) is 0. The van der Waals surface area contributed by atoms with E-state index in [2.05, 4.69) is 45.0 Å². The lowest BCUT2D eigenvalue weighted by Gasteiger charge is -2.16. The van der Waals surface area contributed by atoms with E-state index >= 15 is 0 Å². The fourth-order valence-electron chi connectivity index (χ4n) is 3.12. The lowest BCUT2D eigenvalue weighted by molar-refractivity contribution is 0.267. The van der Waals surface area contributed by atoms with Crippen molar-refractivity contribution in [3.05, 3.63) is 76.3 Å². The van der Waals surface area contributed by atoms with Crippen LogP contribution in [0.4, 0.5) is 0 Å². The Bertz CT molecular complexity index is 1090. The SMILES string of the molecule is CCOc1cc(-c2nc3ccccc3[nH]2)cc(Br)c1OCc1ccccc1C. The molecule has 1 N–H and O–H groups in total. The first-order chi connectivity index (χ1) is 13.7. The maximum atomic E-state index is 6.13. The van der Waals surface area contributed by atoms with Gasteiger partial charge in [-0.05, 0) is 65.2 Å². The minimum Gasteiger partial charge on any atom is -0.490 e. The normalized spacial score (nSPS) is 11.0. The van der Waals surface area contributed by atoms with Gasteiger partial charge in [0.2, 0.25) is 0 Å². The zero-order chi connectivity index (χ0) is 19.5. The van der Waals surface area contributed by atoms with Crippen molar-refractivity contribution < 1.29 is 9.47 Å². The molecule has 5 heteroatoms. The maximum absolute atomic E-state index is 6.13. The minimum absolute atomic E-state index is 0.481. The molecule has 4 rings (SSSR count). The number of hydrogen-bond donors (Lipinski definition) is 1. The van der Waals surface area contributed by atoms with Crippen molar-refractivity contribution in [2.75, 3.05) is 6.61 Å². The quantitative estimate of drug-likeness (QED) is 0.386. The Morgan fingerprint density at radius 3 is 2.57 bits per heavy atom. The van der Waals surface area contributed by atoms with Crippen molar-refractivity contribution in [2.45, 2.75) is 20.5 Å². The van der Waals surface area contributed by atoms with Crippen LogP contribution < -0.4 is 9.47 Å². The number of aryl methyl sites for hydroxylation is 1. The largest absolute Gasteiger partial charge is 0.490 e. The van der Waals surface area contributed by atoms with Gasteiger partial charge in [-0.2, -0.15) is 0 Å². The second kappa shape index (κ2) is 8.07. The first-order valence-electron chi connectivity index (χ1n) is 9.24. The molecule has 0 unspecified atom stereocenters. The maximum Gasteiger partial charge on any atom is 0.175 e. The van der Waals surface area contributed by atoms with Crippen LogP contribution in [0.3, 0.4) is 0 Å². The summed E-state index contributed by atoms with van der Waals surface area (Å²) in [4.78, 5) is 8.05. The highest BCUT2D eigenvalue weighted by Crippen LogP contribution is 2.40. The molecule has 0 saturated carbocycles. The van der Waals surface area contributed by atoms with Crippen LogP contribution in [0.1, 0.15) is 18.1 Å². The first kappa shape index (κ1) is 18.6. The van der Waals surface area contributed by atoms with Crippen LogP contribution in [0.25, 0.3) is 22.4 Å². The standard InChI is InChI=1S/C23H21BrN2O2/c1-3-27-21-13-17(23-25-19-10-6-7-11-20(19)26-23)12-18(24)22(21)28-14-16-9-5-4-8-15(16)2/h4-13H,3,14H2,1-2H3,(H,25,26). The number of rotatable bonds is 6. The second-order valence-electron chi connectivity index (χ2n) is 6.54.